The summed E-state index contributed by atoms with van der Waals surface area (Å²) in [6.45, 7) is 0. The van der Waals surface area contributed by atoms with Crippen LogP contribution in [0.25, 0.3) is 66.7 Å². The minimum Gasteiger partial charge on any atom is -0.369 e. The molecule has 9 nitrogen and oxygen atoms in total. The Hall–Kier alpha value is -5.23. The van der Waals surface area contributed by atoms with Gasteiger partial charge >= 0.3 is 0 Å². The highest BCUT2D eigenvalue weighted by Crippen LogP contribution is 2.50. The van der Waals surface area contributed by atoms with Gasteiger partial charge in [0, 0.05) is 20.6 Å². The quantitative estimate of drug-likeness (QED) is 0.0940. The predicted molar refractivity (Wildman–Crippen MR) is 137 cm³/mol. The minimum absolute atomic E-state index is 0.304. The zero-order valence-corrected chi connectivity index (χ0v) is 17.6. The Kier molecular flexibility index (Phi) is 4.09. The van der Waals surface area contributed by atoms with Gasteiger partial charge < -0.3 is 5.73 Å². The second kappa shape index (κ2) is 7.15. The van der Waals surface area contributed by atoms with E-state index in [9.17, 15) is 11.1 Å². The Labute approximate surface area is 192 Å². The fourth-order valence-electron chi connectivity index (χ4n) is 5.00. The normalized spacial score (nSPS) is 12.1. The van der Waals surface area contributed by atoms with Crippen LogP contribution in [0.3, 0.4) is 0 Å². The lowest BCUT2D eigenvalue weighted by atomic mass is 9.97. The van der Waals surface area contributed by atoms with Crippen LogP contribution in [-0.4, -0.2) is 5.96 Å². The number of guanidine groups is 1. The van der Waals surface area contributed by atoms with E-state index in [1.54, 1.807) is 12.1 Å². The second-order valence-corrected chi connectivity index (χ2v) is 7.97. The smallest absolute Gasteiger partial charge is 0.197 e. The van der Waals surface area contributed by atoms with E-state index in [1.165, 1.54) is 4.90 Å². The second-order valence-electron chi connectivity index (χ2n) is 7.97. The molecule has 0 heterocycles. The number of nitrogens with two attached hydrogens (primary N) is 1. The van der Waals surface area contributed by atoms with Gasteiger partial charge in [0.25, 0.3) is 0 Å². The van der Waals surface area contributed by atoms with Crippen molar-refractivity contribution in [3.63, 3.8) is 0 Å². The van der Waals surface area contributed by atoms with E-state index in [2.05, 4.69) is 20.1 Å². The first-order valence-electron chi connectivity index (χ1n) is 10.4. The Balaban J connectivity index is 1.79. The third kappa shape index (κ3) is 2.59. The Bertz CT molecular complexity index is 1630. The zero-order chi connectivity index (χ0) is 23.4. The molecule has 0 saturated carbocycles. The largest absolute Gasteiger partial charge is 0.369 e. The molecule has 4 aromatic carbocycles. The molecule has 0 fully saturated rings. The first-order valence-corrected chi connectivity index (χ1v) is 10.4. The van der Waals surface area contributed by atoms with Gasteiger partial charge in [-0.15, -0.1) is 0 Å². The number of hydrogen-bond donors (Lipinski definition) is 2. The van der Waals surface area contributed by atoms with Crippen LogP contribution < -0.4 is 10.6 Å². The number of benzene rings is 4. The van der Waals surface area contributed by atoms with Crippen LogP contribution in [0.1, 0.15) is 22.3 Å². The van der Waals surface area contributed by atoms with Crippen molar-refractivity contribution >= 4 is 74.6 Å². The van der Waals surface area contributed by atoms with E-state index in [1.807, 2.05) is 60.7 Å². The molecule has 160 valence electrons. The summed E-state index contributed by atoms with van der Waals surface area (Å²) >= 11 is 0. The molecule has 3 N–H and O–H groups in total. The van der Waals surface area contributed by atoms with E-state index in [4.69, 9.17) is 11.1 Å². The fourth-order valence-corrected chi connectivity index (χ4v) is 5.00. The van der Waals surface area contributed by atoms with Crippen LogP contribution in [-0.2, 0) is 0 Å². The van der Waals surface area contributed by atoms with Gasteiger partial charge in [0.15, 0.2) is 5.96 Å². The van der Waals surface area contributed by atoms with Gasteiger partial charge in [0.2, 0.25) is 0 Å². The molecule has 0 atom stereocenters. The molecule has 2 aliphatic rings. The molecule has 0 amide bonds. The van der Waals surface area contributed by atoms with Crippen molar-refractivity contribution in [3.8, 4) is 0 Å². The lowest BCUT2D eigenvalue weighted by Gasteiger charge is -2.29. The van der Waals surface area contributed by atoms with Crippen molar-refractivity contribution in [2.75, 3.05) is 4.90 Å². The molecule has 0 saturated heterocycles. The van der Waals surface area contributed by atoms with Gasteiger partial charge in [-0.05, 0) is 56.2 Å². The standard InChI is InChI=1S/C25H15N9/c26-25(27)34(23-17-5-1-3-13-7-9-15(21(13)17)11-19(23)30-32-28)24-18-6-2-4-14-8-10-16(22(14)18)12-20(24)31-33-29/h1-12H,(H3,26,27). The van der Waals surface area contributed by atoms with E-state index in [0.717, 1.165) is 43.8 Å². The number of azide groups is 2. The van der Waals surface area contributed by atoms with E-state index in [0.29, 0.717) is 22.7 Å². The molecular formula is C25H15N9. The van der Waals surface area contributed by atoms with Gasteiger partial charge in [-0.25, -0.2) is 0 Å². The third-order valence-corrected chi connectivity index (χ3v) is 6.23. The predicted octanol–water partition coefficient (Wildman–Crippen LogP) is 7.88. The summed E-state index contributed by atoms with van der Waals surface area (Å²) in [5.41, 5.74) is 30.3. The Morgan fingerprint density at radius 2 is 1.18 bits per heavy atom. The lowest BCUT2D eigenvalue weighted by molar-refractivity contribution is 1.26. The Morgan fingerprint density at radius 3 is 1.59 bits per heavy atom. The van der Waals surface area contributed by atoms with Crippen molar-refractivity contribution in [2.24, 2.45) is 16.0 Å². The number of nitrogens with zero attached hydrogens (tertiary/aromatic N) is 7. The van der Waals surface area contributed by atoms with Crippen molar-refractivity contribution in [3.05, 3.63) is 91.7 Å². The van der Waals surface area contributed by atoms with Crippen molar-refractivity contribution < 1.29 is 0 Å². The molecule has 0 spiro atoms. The first-order chi connectivity index (χ1) is 16.6. The SMILES string of the molecule is [N-]=[N+]=Nc1cc2c3c(cccc3c1N(C(=N)N)c1c(N=[N+]=[N-])cc3c4c(cccc14)C=C3)C=C2. The van der Waals surface area contributed by atoms with Crippen molar-refractivity contribution in [2.45, 2.75) is 0 Å². The molecule has 0 unspecified atom stereocenters. The molecule has 6 rings (SSSR count). The van der Waals surface area contributed by atoms with Crippen LogP contribution in [0.5, 0.6) is 0 Å². The number of nitrogens with one attached hydrogen (secondary N) is 1. The lowest BCUT2D eigenvalue weighted by Crippen LogP contribution is -2.33. The molecule has 34 heavy (non-hydrogen) atoms. The first kappa shape index (κ1) is 19.5. The van der Waals surface area contributed by atoms with Gasteiger partial charge in [-0.3, -0.25) is 10.3 Å². The Morgan fingerprint density at radius 1 is 0.735 bits per heavy atom. The van der Waals surface area contributed by atoms with Crippen LogP contribution >= 0.6 is 0 Å². The summed E-state index contributed by atoms with van der Waals surface area (Å²) in [6.07, 6.45) is 7.92. The van der Waals surface area contributed by atoms with Gasteiger partial charge in [0.1, 0.15) is 0 Å². The average molecular weight is 441 g/mol. The topological polar surface area (TPSA) is 151 Å². The molecule has 4 aromatic rings. The van der Waals surface area contributed by atoms with E-state index >= 15 is 0 Å². The number of rotatable bonds is 4. The molecule has 0 bridgehead atoms. The summed E-state index contributed by atoms with van der Waals surface area (Å²) in [4.78, 5) is 7.57. The summed E-state index contributed by atoms with van der Waals surface area (Å²) in [5.74, 6) is -0.304. The zero-order valence-electron chi connectivity index (χ0n) is 17.6. The average Bonchev–Trinajstić information content (AvgIpc) is 3.44. The van der Waals surface area contributed by atoms with E-state index in [-0.39, 0.29) is 5.96 Å². The van der Waals surface area contributed by atoms with E-state index < -0.39 is 0 Å². The number of anilines is 2. The number of hydrogen-bond acceptors (Lipinski definition) is 3. The molecule has 2 aliphatic carbocycles. The highest BCUT2D eigenvalue weighted by Gasteiger charge is 2.27. The summed E-state index contributed by atoms with van der Waals surface area (Å²) < 4.78 is 0. The van der Waals surface area contributed by atoms with Crippen LogP contribution in [0.15, 0.2) is 58.8 Å². The van der Waals surface area contributed by atoms with Crippen LogP contribution in [0.4, 0.5) is 22.7 Å². The summed E-state index contributed by atoms with van der Waals surface area (Å²) in [7, 11) is 0. The monoisotopic (exact) mass is 441 g/mol. The van der Waals surface area contributed by atoms with Gasteiger partial charge in [-0.1, -0.05) is 70.9 Å². The van der Waals surface area contributed by atoms with Crippen molar-refractivity contribution in [1.82, 2.24) is 0 Å². The highest BCUT2D eigenvalue weighted by atomic mass is 15.3. The molecule has 0 aromatic heterocycles. The minimum atomic E-state index is -0.304. The maximum Gasteiger partial charge on any atom is 0.197 e. The molecular weight excluding hydrogens is 426 g/mol. The van der Waals surface area contributed by atoms with Crippen LogP contribution in [0, 0.1) is 5.41 Å². The summed E-state index contributed by atoms with van der Waals surface area (Å²) in [6, 6.07) is 15.2. The third-order valence-electron chi connectivity index (χ3n) is 6.23. The van der Waals surface area contributed by atoms with Gasteiger partial charge in [-0.2, -0.15) is 0 Å². The van der Waals surface area contributed by atoms with Crippen molar-refractivity contribution in [1.29, 1.82) is 5.41 Å². The molecule has 0 aliphatic heterocycles. The fraction of sp³-hybridized carbons (Fsp3) is 0. The van der Waals surface area contributed by atoms with Gasteiger partial charge in [0.05, 0.1) is 22.7 Å². The highest BCUT2D eigenvalue weighted by molar-refractivity contribution is 6.22. The maximum absolute atomic E-state index is 9.34. The van der Waals surface area contributed by atoms with Crippen LogP contribution in [0.2, 0.25) is 0 Å². The molecule has 9 heteroatoms. The maximum atomic E-state index is 9.34. The molecule has 0 radical (unpaired) electrons. The summed E-state index contributed by atoms with van der Waals surface area (Å²) in [5, 5.41) is 20.0.